The van der Waals surface area contributed by atoms with E-state index in [0.717, 1.165) is 29.9 Å². The Bertz CT molecular complexity index is 407. The predicted molar refractivity (Wildman–Crippen MR) is 68.7 cm³/mol. The third-order valence-corrected chi connectivity index (χ3v) is 3.51. The van der Waals surface area contributed by atoms with E-state index >= 15 is 0 Å². The first-order chi connectivity index (χ1) is 8.19. The first kappa shape index (κ1) is 13.7. The molecule has 0 amide bonds. The molecule has 0 heterocycles. The Kier molecular flexibility index (Phi) is 5.69. The van der Waals surface area contributed by atoms with Gasteiger partial charge in [-0.15, -0.1) is 11.8 Å². The first-order valence-corrected chi connectivity index (χ1v) is 6.54. The van der Waals surface area contributed by atoms with E-state index in [2.05, 4.69) is 6.92 Å². The van der Waals surface area contributed by atoms with E-state index < -0.39 is 4.92 Å². The Morgan fingerprint density at radius 2 is 2.18 bits per heavy atom. The molecule has 0 saturated heterocycles. The van der Waals surface area contributed by atoms with Crippen molar-refractivity contribution < 1.29 is 9.72 Å². The van der Waals surface area contributed by atoms with Gasteiger partial charge in [0.1, 0.15) is 0 Å². The number of unbranched alkanes of at least 4 members (excludes halogenated alkanes) is 2. The molecular formula is C12H15NO3S. The van der Waals surface area contributed by atoms with Crippen LogP contribution in [0.15, 0.2) is 23.1 Å². The van der Waals surface area contributed by atoms with Crippen LogP contribution in [0, 0.1) is 10.1 Å². The SMILES string of the molecule is CCCCCSc1ccc([N+](=O)[O-])cc1C=O. The molecule has 5 heteroatoms. The summed E-state index contributed by atoms with van der Waals surface area (Å²) in [5.74, 6) is 0.937. The van der Waals surface area contributed by atoms with Gasteiger partial charge < -0.3 is 0 Å². The maximum absolute atomic E-state index is 10.9. The number of nitro groups is 1. The molecule has 0 fully saturated rings. The van der Waals surface area contributed by atoms with E-state index in [-0.39, 0.29) is 5.69 Å². The lowest BCUT2D eigenvalue weighted by Gasteiger charge is -2.04. The van der Waals surface area contributed by atoms with Gasteiger partial charge in [-0.1, -0.05) is 19.8 Å². The molecule has 0 unspecified atom stereocenters. The van der Waals surface area contributed by atoms with Crippen molar-refractivity contribution in [1.29, 1.82) is 0 Å². The van der Waals surface area contributed by atoms with E-state index in [1.54, 1.807) is 17.8 Å². The monoisotopic (exact) mass is 253 g/mol. The lowest BCUT2D eigenvalue weighted by atomic mass is 10.2. The van der Waals surface area contributed by atoms with Gasteiger partial charge in [0.25, 0.3) is 5.69 Å². The first-order valence-electron chi connectivity index (χ1n) is 5.55. The fourth-order valence-electron chi connectivity index (χ4n) is 1.41. The Morgan fingerprint density at radius 1 is 1.41 bits per heavy atom. The van der Waals surface area contributed by atoms with Crippen LogP contribution in [-0.2, 0) is 0 Å². The molecule has 0 aliphatic carbocycles. The zero-order valence-electron chi connectivity index (χ0n) is 9.72. The van der Waals surface area contributed by atoms with Crippen LogP contribution >= 0.6 is 11.8 Å². The van der Waals surface area contributed by atoms with E-state index in [4.69, 9.17) is 0 Å². The van der Waals surface area contributed by atoms with Gasteiger partial charge in [0.15, 0.2) is 6.29 Å². The minimum atomic E-state index is -0.488. The van der Waals surface area contributed by atoms with Crippen LogP contribution in [0.4, 0.5) is 5.69 Å². The molecule has 92 valence electrons. The topological polar surface area (TPSA) is 60.2 Å². The second-order valence-corrected chi connectivity index (χ2v) is 4.79. The van der Waals surface area contributed by atoms with Crippen LogP contribution in [0.25, 0.3) is 0 Å². The third kappa shape index (κ3) is 4.19. The highest BCUT2D eigenvalue weighted by Gasteiger charge is 2.10. The molecule has 0 radical (unpaired) electrons. The van der Waals surface area contributed by atoms with Gasteiger partial charge in [-0.2, -0.15) is 0 Å². The van der Waals surface area contributed by atoms with Gasteiger partial charge in [0.2, 0.25) is 0 Å². The minimum absolute atomic E-state index is 0.0370. The Balaban J connectivity index is 2.71. The fourth-order valence-corrected chi connectivity index (χ4v) is 2.41. The molecule has 1 rings (SSSR count). The number of nitrogens with zero attached hydrogens (tertiary/aromatic N) is 1. The van der Waals surface area contributed by atoms with Crippen molar-refractivity contribution in [3.8, 4) is 0 Å². The van der Waals surface area contributed by atoms with Crippen molar-refractivity contribution in [2.24, 2.45) is 0 Å². The van der Waals surface area contributed by atoms with Gasteiger partial charge in [-0.05, 0) is 18.2 Å². The highest BCUT2D eigenvalue weighted by molar-refractivity contribution is 7.99. The summed E-state index contributed by atoms with van der Waals surface area (Å²) in [5.41, 5.74) is 0.366. The molecular weight excluding hydrogens is 238 g/mol. The molecule has 0 saturated carbocycles. The van der Waals surface area contributed by atoms with E-state index in [9.17, 15) is 14.9 Å². The highest BCUT2D eigenvalue weighted by atomic mass is 32.2. The molecule has 0 aromatic heterocycles. The van der Waals surface area contributed by atoms with Crippen molar-refractivity contribution in [2.75, 3.05) is 5.75 Å². The molecule has 0 aliphatic heterocycles. The number of rotatable bonds is 7. The highest BCUT2D eigenvalue weighted by Crippen LogP contribution is 2.26. The van der Waals surface area contributed by atoms with Crippen LogP contribution in [0.3, 0.4) is 0 Å². The summed E-state index contributed by atoms with van der Waals surface area (Å²) in [6.45, 7) is 2.13. The Labute approximate surface area is 105 Å². The number of hydrogen-bond donors (Lipinski definition) is 0. The number of non-ortho nitro benzene ring substituents is 1. The molecule has 1 aromatic rings. The number of nitro benzene ring substituents is 1. The lowest BCUT2D eigenvalue weighted by Crippen LogP contribution is -1.92. The third-order valence-electron chi connectivity index (χ3n) is 2.34. The molecule has 0 atom stereocenters. The summed E-state index contributed by atoms with van der Waals surface area (Å²) in [6.07, 6.45) is 4.09. The summed E-state index contributed by atoms with van der Waals surface area (Å²) in [7, 11) is 0. The molecule has 0 aliphatic rings. The van der Waals surface area contributed by atoms with E-state index in [0.29, 0.717) is 11.8 Å². The van der Waals surface area contributed by atoms with Crippen molar-refractivity contribution in [2.45, 2.75) is 31.1 Å². The molecule has 17 heavy (non-hydrogen) atoms. The second-order valence-electron chi connectivity index (χ2n) is 3.65. The van der Waals surface area contributed by atoms with Crippen molar-refractivity contribution in [1.82, 2.24) is 0 Å². The van der Waals surface area contributed by atoms with Gasteiger partial charge in [0, 0.05) is 22.6 Å². The summed E-state index contributed by atoms with van der Waals surface area (Å²) in [4.78, 5) is 21.8. The lowest BCUT2D eigenvalue weighted by molar-refractivity contribution is -0.384. The van der Waals surface area contributed by atoms with Crippen molar-refractivity contribution in [3.05, 3.63) is 33.9 Å². The van der Waals surface area contributed by atoms with Crippen LogP contribution < -0.4 is 0 Å². The average Bonchev–Trinajstić information content (AvgIpc) is 2.34. The standard InChI is InChI=1S/C12H15NO3S/c1-2-3-4-7-17-12-6-5-11(13(15)16)8-10(12)9-14/h5-6,8-9H,2-4,7H2,1H3. The molecule has 0 N–H and O–H groups in total. The predicted octanol–water partition coefficient (Wildman–Crippen LogP) is 3.69. The number of thioether (sulfide) groups is 1. The van der Waals surface area contributed by atoms with Crippen molar-refractivity contribution >= 4 is 23.7 Å². The summed E-state index contributed by atoms with van der Waals surface area (Å²) in [5, 5.41) is 10.6. The number of carbonyl (C=O) groups excluding carboxylic acids is 1. The van der Waals surface area contributed by atoms with E-state index in [1.165, 1.54) is 12.1 Å². The van der Waals surface area contributed by atoms with Gasteiger partial charge in [-0.3, -0.25) is 14.9 Å². The largest absolute Gasteiger partial charge is 0.298 e. The molecule has 0 bridgehead atoms. The maximum atomic E-state index is 10.9. The maximum Gasteiger partial charge on any atom is 0.270 e. The zero-order valence-corrected chi connectivity index (χ0v) is 10.5. The number of benzene rings is 1. The van der Waals surface area contributed by atoms with Crippen molar-refractivity contribution in [3.63, 3.8) is 0 Å². The molecule has 4 nitrogen and oxygen atoms in total. The fraction of sp³-hybridized carbons (Fsp3) is 0.417. The van der Waals surface area contributed by atoms with Crippen LogP contribution in [0.1, 0.15) is 36.5 Å². The zero-order chi connectivity index (χ0) is 12.7. The number of carbonyl (C=O) groups is 1. The average molecular weight is 253 g/mol. The van der Waals surface area contributed by atoms with E-state index in [1.807, 2.05) is 0 Å². The van der Waals surface area contributed by atoms with Crippen LogP contribution in [-0.4, -0.2) is 17.0 Å². The summed E-state index contributed by atoms with van der Waals surface area (Å²) in [6, 6.07) is 4.42. The van der Waals surface area contributed by atoms with Gasteiger partial charge >= 0.3 is 0 Å². The summed E-state index contributed by atoms with van der Waals surface area (Å²) < 4.78 is 0. The number of aldehydes is 1. The normalized spacial score (nSPS) is 10.2. The minimum Gasteiger partial charge on any atom is -0.298 e. The van der Waals surface area contributed by atoms with Crippen LogP contribution in [0.2, 0.25) is 0 Å². The Morgan fingerprint density at radius 3 is 2.76 bits per heavy atom. The Hall–Kier alpha value is -1.36. The van der Waals surface area contributed by atoms with Gasteiger partial charge in [0.05, 0.1) is 4.92 Å². The number of hydrogen-bond acceptors (Lipinski definition) is 4. The quantitative estimate of drug-likeness (QED) is 0.244. The summed E-state index contributed by atoms with van der Waals surface area (Å²) >= 11 is 1.58. The smallest absolute Gasteiger partial charge is 0.270 e. The van der Waals surface area contributed by atoms with Crippen LogP contribution in [0.5, 0.6) is 0 Å². The van der Waals surface area contributed by atoms with Gasteiger partial charge in [-0.25, -0.2) is 0 Å². The second kappa shape index (κ2) is 7.06. The molecule has 1 aromatic carbocycles. The molecule has 0 spiro atoms.